The minimum atomic E-state index is 0.812. The quantitative estimate of drug-likeness (QED) is 0.197. The Balaban J connectivity index is 1.28. The van der Waals surface area contributed by atoms with Crippen LogP contribution in [0.25, 0.3) is 86.0 Å². The van der Waals surface area contributed by atoms with Crippen LogP contribution in [0.2, 0.25) is 0 Å². The van der Waals surface area contributed by atoms with Crippen LogP contribution in [0.4, 0.5) is 17.1 Å². The zero-order valence-corrected chi connectivity index (χ0v) is 25.7. The number of nitrogens with zero attached hydrogens (tertiary/aromatic N) is 1. The normalized spacial score (nSPS) is 12.3. The second kappa shape index (κ2) is 9.25. The first-order chi connectivity index (χ1) is 23.3. The molecule has 0 aliphatic heterocycles. The lowest BCUT2D eigenvalue weighted by atomic mass is 10.1. The molecule has 0 spiro atoms. The largest absolute Gasteiger partial charge is 0.456 e. The first-order valence-electron chi connectivity index (χ1n) is 15.7. The average Bonchev–Trinajstić information content (AvgIpc) is 3.88. The Labute approximate surface area is 271 Å². The van der Waals surface area contributed by atoms with E-state index in [1.165, 1.54) is 20.2 Å². The monoisotopic (exact) mass is 621 g/mol. The summed E-state index contributed by atoms with van der Waals surface area (Å²) in [5, 5.41) is 8.82. The Kier molecular flexibility index (Phi) is 4.96. The molecule has 47 heavy (non-hydrogen) atoms. The maximum atomic E-state index is 7.00. The number of para-hydroxylation sites is 4. The molecule has 0 saturated carbocycles. The molecule has 4 nitrogen and oxygen atoms in total. The van der Waals surface area contributed by atoms with Gasteiger partial charge in [0.1, 0.15) is 22.3 Å². The van der Waals surface area contributed by atoms with Crippen molar-refractivity contribution >= 4 is 114 Å². The molecule has 11 rings (SSSR count). The van der Waals surface area contributed by atoms with Crippen LogP contribution in [0.3, 0.4) is 0 Å². The summed E-state index contributed by atoms with van der Waals surface area (Å²) in [6.07, 6.45) is 0. The van der Waals surface area contributed by atoms with Crippen molar-refractivity contribution in [3.8, 4) is 0 Å². The summed E-state index contributed by atoms with van der Waals surface area (Å²) in [4.78, 5) is 2.33. The predicted octanol–water partition coefficient (Wildman–Crippen LogP) is 13.2. The minimum absolute atomic E-state index is 0.812. The standard InChI is InChI=1S/C42H23NO3S/c1-4-19-34-24(10-1)26-13-7-16-31(39(26)45-34)43(33-18-9-15-29-25-11-3-6-21-37(25)47-42(29)33)32-17-8-14-27-28-22-23-36-38(41(28)46-40(27)32)30-12-2-5-20-35(30)44-36/h1-23H. The highest BCUT2D eigenvalue weighted by molar-refractivity contribution is 7.26. The summed E-state index contributed by atoms with van der Waals surface area (Å²) in [6.45, 7) is 0. The molecule has 0 N–H and O–H groups in total. The van der Waals surface area contributed by atoms with E-state index < -0.39 is 0 Å². The summed E-state index contributed by atoms with van der Waals surface area (Å²) in [6, 6.07) is 48.7. The fraction of sp³-hybridized carbons (Fsp3) is 0. The van der Waals surface area contributed by atoms with Gasteiger partial charge in [0.05, 0.1) is 27.1 Å². The SMILES string of the molecule is c1ccc2c(c1)oc1c(N(c3cccc4c3oc3c4ccc4oc5ccccc5c43)c3cccc4c3sc3ccccc34)cccc12. The van der Waals surface area contributed by atoms with Gasteiger partial charge in [0.15, 0.2) is 11.2 Å². The number of hydrogen-bond acceptors (Lipinski definition) is 5. The van der Waals surface area contributed by atoms with Crippen LogP contribution in [-0.4, -0.2) is 0 Å². The number of benzene rings is 7. The Hall–Kier alpha value is -6.04. The highest BCUT2D eigenvalue weighted by Gasteiger charge is 2.26. The molecule has 5 heteroatoms. The number of anilines is 3. The minimum Gasteiger partial charge on any atom is -0.456 e. The zero-order valence-electron chi connectivity index (χ0n) is 24.9. The molecule has 0 unspecified atom stereocenters. The van der Waals surface area contributed by atoms with Gasteiger partial charge in [-0.15, -0.1) is 11.3 Å². The predicted molar refractivity (Wildman–Crippen MR) is 196 cm³/mol. The maximum Gasteiger partial charge on any atom is 0.159 e. The van der Waals surface area contributed by atoms with Crippen LogP contribution in [-0.2, 0) is 0 Å². The van der Waals surface area contributed by atoms with Crippen LogP contribution in [0.15, 0.2) is 153 Å². The average molecular weight is 622 g/mol. The highest BCUT2D eigenvalue weighted by atomic mass is 32.1. The van der Waals surface area contributed by atoms with E-state index in [4.69, 9.17) is 13.3 Å². The van der Waals surface area contributed by atoms with Gasteiger partial charge in [0.2, 0.25) is 0 Å². The Morgan fingerprint density at radius 1 is 0.362 bits per heavy atom. The first kappa shape index (κ1) is 25.2. The van der Waals surface area contributed by atoms with Crippen molar-refractivity contribution < 1.29 is 13.3 Å². The number of hydrogen-bond donors (Lipinski definition) is 0. The lowest BCUT2D eigenvalue weighted by Gasteiger charge is -2.26. The van der Waals surface area contributed by atoms with Gasteiger partial charge in [-0.1, -0.05) is 91.0 Å². The molecule has 220 valence electrons. The van der Waals surface area contributed by atoms with Crippen LogP contribution >= 0.6 is 11.3 Å². The maximum absolute atomic E-state index is 7.00. The lowest BCUT2D eigenvalue weighted by molar-refractivity contribution is 0.662. The summed E-state index contributed by atoms with van der Waals surface area (Å²) in [5.41, 5.74) is 7.98. The summed E-state index contributed by atoms with van der Waals surface area (Å²) in [7, 11) is 0. The lowest BCUT2D eigenvalue weighted by Crippen LogP contribution is -2.10. The van der Waals surface area contributed by atoms with Crippen molar-refractivity contribution in [2.75, 3.05) is 4.90 Å². The Morgan fingerprint density at radius 3 is 1.74 bits per heavy atom. The molecule has 4 heterocycles. The van der Waals surface area contributed by atoms with E-state index in [1.807, 2.05) is 41.7 Å². The van der Waals surface area contributed by atoms with Gasteiger partial charge in [0, 0.05) is 42.4 Å². The Morgan fingerprint density at radius 2 is 0.936 bits per heavy atom. The van der Waals surface area contributed by atoms with Crippen molar-refractivity contribution in [1.29, 1.82) is 0 Å². The van der Waals surface area contributed by atoms with Gasteiger partial charge in [-0.25, -0.2) is 0 Å². The Bertz CT molecular complexity index is 2930. The molecule has 0 saturated heterocycles. The van der Waals surface area contributed by atoms with E-state index in [9.17, 15) is 0 Å². The molecule has 0 bridgehead atoms. The number of rotatable bonds is 3. The molecule has 0 radical (unpaired) electrons. The second-order valence-electron chi connectivity index (χ2n) is 12.0. The van der Waals surface area contributed by atoms with E-state index in [2.05, 4.69) is 114 Å². The second-order valence-corrected chi connectivity index (χ2v) is 13.1. The van der Waals surface area contributed by atoms with Gasteiger partial charge >= 0.3 is 0 Å². The molecule has 11 aromatic rings. The molecule has 0 amide bonds. The third kappa shape index (κ3) is 3.41. The third-order valence-electron chi connectivity index (χ3n) is 9.47. The van der Waals surface area contributed by atoms with Gasteiger partial charge in [-0.3, -0.25) is 0 Å². The van der Waals surface area contributed by atoms with Crippen molar-refractivity contribution in [1.82, 2.24) is 0 Å². The summed E-state index contributed by atoms with van der Waals surface area (Å²) >= 11 is 1.82. The van der Waals surface area contributed by atoms with E-state index in [-0.39, 0.29) is 0 Å². The summed E-state index contributed by atoms with van der Waals surface area (Å²) in [5.74, 6) is 0. The van der Waals surface area contributed by atoms with Gasteiger partial charge in [-0.2, -0.15) is 0 Å². The van der Waals surface area contributed by atoms with Crippen molar-refractivity contribution in [2.24, 2.45) is 0 Å². The number of furan rings is 3. The first-order valence-corrected chi connectivity index (χ1v) is 16.5. The molecule has 0 atom stereocenters. The molecular weight excluding hydrogens is 599 g/mol. The van der Waals surface area contributed by atoms with E-state index in [0.29, 0.717) is 0 Å². The van der Waals surface area contributed by atoms with Crippen molar-refractivity contribution in [2.45, 2.75) is 0 Å². The van der Waals surface area contributed by atoms with Crippen molar-refractivity contribution in [3.63, 3.8) is 0 Å². The molecule has 0 fully saturated rings. The molecular formula is C42H23NO3S. The van der Waals surface area contributed by atoms with Crippen LogP contribution in [0.5, 0.6) is 0 Å². The topological polar surface area (TPSA) is 42.7 Å². The molecule has 0 aliphatic rings. The molecule has 0 aliphatic carbocycles. The summed E-state index contributed by atoms with van der Waals surface area (Å²) < 4.78 is 22.4. The number of thiophene rings is 1. The fourth-order valence-electron chi connectivity index (χ4n) is 7.43. The van der Waals surface area contributed by atoms with E-state index >= 15 is 0 Å². The van der Waals surface area contributed by atoms with Gasteiger partial charge in [-0.05, 0) is 48.5 Å². The van der Waals surface area contributed by atoms with Gasteiger partial charge < -0.3 is 18.2 Å². The van der Waals surface area contributed by atoms with Crippen LogP contribution in [0.1, 0.15) is 0 Å². The molecule has 7 aromatic carbocycles. The van der Waals surface area contributed by atoms with Crippen LogP contribution in [0, 0.1) is 0 Å². The van der Waals surface area contributed by atoms with Crippen LogP contribution < -0.4 is 4.90 Å². The smallest absolute Gasteiger partial charge is 0.159 e. The van der Waals surface area contributed by atoms with E-state index in [1.54, 1.807) is 0 Å². The third-order valence-corrected chi connectivity index (χ3v) is 10.7. The van der Waals surface area contributed by atoms with Crippen molar-refractivity contribution in [3.05, 3.63) is 140 Å². The van der Waals surface area contributed by atoms with E-state index in [0.717, 1.165) is 82.9 Å². The number of fused-ring (bicyclic) bond motifs is 13. The van der Waals surface area contributed by atoms with Gasteiger partial charge in [0.25, 0.3) is 0 Å². The molecule has 4 aromatic heterocycles. The zero-order chi connectivity index (χ0) is 30.6. The fourth-order valence-corrected chi connectivity index (χ4v) is 8.64. The highest BCUT2D eigenvalue weighted by Crippen LogP contribution is 2.50.